The number of pyridine rings is 1. The van der Waals surface area contributed by atoms with Crippen molar-refractivity contribution >= 4 is 34.9 Å². The molecule has 0 saturated carbocycles. The minimum atomic E-state index is -4.42. The lowest BCUT2D eigenvalue weighted by atomic mass is 9.88. The molecule has 0 saturated heterocycles. The maximum Gasteiger partial charge on any atom is 0.417 e. The van der Waals surface area contributed by atoms with Gasteiger partial charge in [-0.3, -0.25) is 5.43 Å². The van der Waals surface area contributed by atoms with E-state index in [1.54, 1.807) is 0 Å². The average molecular weight is 423 g/mol. The van der Waals surface area contributed by atoms with Crippen LogP contribution in [0, 0.1) is 0 Å². The van der Waals surface area contributed by atoms with Crippen LogP contribution in [0.25, 0.3) is 5.57 Å². The Morgan fingerprint density at radius 3 is 2.59 bits per heavy atom. The number of fused-ring (bicyclic) bond motifs is 1. The molecule has 4 nitrogen and oxygen atoms in total. The number of alkyl halides is 3. The molecule has 0 bridgehead atoms. The summed E-state index contributed by atoms with van der Waals surface area (Å²) in [7, 11) is 0. The Hall–Kier alpha value is -2.54. The van der Waals surface area contributed by atoms with Crippen molar-refractivity contribution in [3.8, 4) is 0 Å². The maximum atomic E-state index is 12.6. The number of nitrogens with one attached hydrogen (secondary N) is 1. The SMILES string of the molecule is CCN1c2cc(Cl)c(/C=N/Nc3ccc(C(F)(F)F)cn3)cc2C(C)=CC1(C)C. The van der Waals surface area contributed by atoms with E-state index in [9.17, 15) is 13.2 Å². The van der Waals surface area contributed by atoms with E-state index < -0.39 is 11.7 Å². The van der Waals surface area contributed by atoms with E-state index in [2.05, 4.69) is 54.2 Å². The third-order valence-corrected chi connectivity index (χ3v) is 5.21. The number of likely N-dealkylation sites (N-methyl/N-ethyl adjacent to an activating group) is 1. The first-order valence-corrected chi connectivity index (χ1v) is 9.54. The van der Waals surface area contributed by atoms with Crippen molar-refractivity contribution in [1.29, 1.82) is 0 Å². The molecule has 0 atom stereocenters. The first kappa shape index (κ1) is 21.2. The third kappa shape index (κ3) is 4.40. The summed E-state index contributed by atoms with van der Waals surface area (Å²) in [5.41, 5.74) is 5.70. The summed E-state index contributed by atoms with van der Waals surface area (Å²) in [5, 5.41) is 4.61. The maximum absolute atomic E-state index is 12.6. The lowest BCUT2D eigenvalue weighted by molar-refractivity contribution is -0.137. The topological polar surface area (TPSA) is 40.5 Å². The van der Waals surface area contributed by atoms with E-state index in [1.807, 2.05) is 12.1 Å². The summed E-state index contributed by atoms with van der Waals surface area (Å²) in [5.74, 6) is 0.207. The zero-order valence-electron chi connectivity index (χ0n) is 16.6. The molecule has 1 aromatic heterocycles. The molecule has 8 heteroatoms. The third-order valence-electron chi connectivity index (χ3n) is 4.89. The number of benzene rings is 1. The van der Waals surface area contributed by atoms with Crippen molar-refractivity contribution < 1.29 is 13.2 Å². The molecule has 1 N–H and O–H groups in total. The van der Waals surface area contributed by atoms with Gasteiger partial charge >= 0.3 is 6.18 Å². The first-order chi connectivity index (χ1) is 13.5. The monoisotopic (exact) mass is 422 g/mol. The quantitative estimate of drug-likeness (QED) is 0.469. The van der Waals surface area contributed by atoms with Gasteiger partial charge in [0.25, 0.3) is 0 Å². The Morgan fingerprint density at radius 2 is 2.00 bits per heavy atom. The molecule has 0 aliphatic carbocycles. The van der Waals surface area contributed by atoms with E-state index in [1.165, 1.54) is 12.3 Å². The van der Waals surface area contributed by atoms with Crippen LogP contribution >= 0.6 is 11.6 Å². The van der Waals surface area contributed by atoms with Crippen LogP contribution in [-0.2, 0) is 6.18 Å². The Kier molecular flexibility index (Phi) is 5.63. The van der Waals surface area contributed by atoms with Crippen LogP contribution in [0.4, 0.5) is 24.7 Å². The van der Waals surface area contributed by atoms with Crippen molar-refractivity contribution in [2.45, 2.75) is 39.4 Å². The predicted octanol–water partition coefficient (Wildman–Crippen LogP) is 6.22. The highest BCUT2D eigenvalue weighted by atomic mass is 35.5. The van der Waals surface area contributed by atoms with Gasteiger partial charge in [-0.1, -0.05) is 17.7 Å². The molecule has 0 spiro atoms. The van der Waals surface area contributed by atoms with Crippen molar-refractivity contribution in [3.63, 3.8) is 0 Å². The van der Waals surface area contributed by atoms with Gasteiger partial charge < -0.3 is 4.90 Å². The highest BCUT2D eigenvalue weighted by molar-refractivity contribution is 6.33. The van der Waals surface area contributed by atoms with Gasteiger partial charge in [-0.25, -0.2) is 4.98 Å². The number of hydrogen-bond donors (Lipinski definition) is 1. The average Bonchev–Trinajstić information content (AvgIpc) is 2.62. The zero-order valence-corrected chi connectivity index (χ0v) is 17.4. The fourth-order valence-electron chi connectivity index (χ4n) is 3.59. The van der Waals surface area contributed by atoms with Gasteiger partial charge in [-0.15, -0.1) is 0 Å². The highest BCUT2D eigenvalue weighted by Gasteiger charge is 2.31. The standard InChI is InChI=1S/C21H22ClF3N4/c1-5-29-18-9-17(22)14(8-16(18)13(2)10-20(29,3)4)11-27-28-19-7-6-15(12-26-19)21(23,24)25/h6-12H,5H2,1-4H3,(H,26,28)/b27-11+. The molecular formula is C21H22ClF3N4. The number of nitrogens with zero attached hydrogens (tertiary/aromatic N) is 3. The number of hydrogen-bond acceptors (Lipinski definition) is 4. The number of halogens is 4. The molecule has 3 rings (SSSR count). The van der Waals surface area contributed by atoms with Crippen molar-refractivity contribution in [1.82, 2.24) is 4.98 Å². The van der Waals surface area contributed by atoms with Gasteiger partial charge in [0.1, 0.15) is 5.82 Å². The van der Waals surface area contributed by atoms with Gasteiger partial charge in [-0.2, -0.15) is 18.3 Å². The van der Waals surface area contributed by atoms with E-state index >= 15 is 0 Å². The molecule has 1 aromatic carbocycles. The van der Waals surface area contributed by atoms with E-state index in [-0.39, 0.29) is 11.4 Å². The molecule has 2 aromatic rings. The molecule has 1 aliphatic rings. The summed E-state index contributed by atoms with van der Waals surface area (Å²) in [4.78, 5) is 6.01. The van der Waals surface area contributed by atoms with E-state index in [4.69, 9.17) is 11.6 Å². The van der Waals surface area contributed by atoms with Crippen LogP contribution in [0.5, 0.6) is 0 Å². The van der Waals surface area contributed by atoms with E-state index in [0.717, 1.165) is 35.6 Å². The van der Waals surface area contributed by atoms with Crippen LogP contribution in [0.2, 0.25) is 5.02 Å². The van der Waals surface area contributed by atoms with Gasteiger partial charge in [0.15, 0.2) is 0 Å². The van der Waals surface area contributed by atoms with Crippen LogP contribution in [-0.4, -0.2) is 23.3 Å². The zero-order chi connectivity index (χ0) is 21.4. The second kappa shape index (κ2) is 7.71. The summed E-state index contributed by atoms with van der Waals surface area (Å²) in [6, 6.07) is 6.07. The van der Waals surface area contributed by atoms with Gasteiger partial charge in [-0.05, 0) is 57.5 Å². The van der Waals surface area contributed by atoms with Crippen LogP contribution < -0.4 is 10.3 Å². The summed E-state index contributed by atoms with van der Waals surface area (Å²) >= 11 is 6.47. The number of aromatic nitrogens is 1. The summed E-state index contributed by atoms with van der Waals surface area (Å²) in [6.07, 6.45) is 0.0973. The normalized spacial score (nSPS) is 16.0. The molecule has 0 amide bonds. The largest absolute Gasteiger partial charge is 0.417 e. The van der Waals surface area contributed by atoms with Crippen LogP contribution in [0.15, 0.2) is 41.6 Å². The summed E-state index contributed by atoms with van der Waals surface area (Å²) < 4.78 is 37.8. The molecule has 2 heterocycles. The van der Waals surface area contributed by atoms with Gasteiger partial charge in [0.05, 0.1) is 22.3 Å². The lowest BCUT2D eigenvalue weighted by Gasteiger charge is -2.43. The lowest BCUT2D eigenvalue weighted by Crippen LogP contribution is -2.44. The number of anilines is 2. The van der Waals surface area contributed by atoms with Crippen molar-refractivity contribution in [3.05, 3.63) is 58.3 Å². The van der Waals surface area contributed by atoms with Crippen molar-refractivity contribution in [2.24, 2.45) is 5.10 Å². The first-order valence-electron chi connectivity index (χ1n) is 9.16. The Morgan fingerprint density at radius 1 is 1.28 bits per heavy atom. The fourth-order valence-corrected chi connectivity index (χ4v) is 3.79. The number of hydrazone groups is 1. The Labute approximate surface area is 173 Å². The number of allylic oxidation sites excluding steroid dienone is 1. The molecule has 29 heavy (non-hydrogen) atoms. The van der Waals surface area contributed by atoms with Crippen LogP contribution in [0.3, 0.4) is 0 Å². The highest BCUT2D eigenvalue weighted by Crippen LogP contribution is 2.41. The Balaban J connectivity index is 1.83. The molecular weight excluding hydrogens is 401 g/mol. The van der Waals surface area contributed by atoms with Gasteiger partial charge in [0.2, 0.25) is 0 Å². The molecule has 154 valence electrons. The Bertz CT molecular complexity index is 963. The predicted molar refractivity (Wildman–Crippen MR) is 113 cm³/mol. The summed E-state index contributed by atoms with van der Waals surface area (Å²) in [6.45, 7) is 9.33. The van der Waals surface area contributed by atoms with Crippen LogP contribution in [0.1, 0.15) is 44.4 Å². The second-order valence-corrected chi connectivity index (χ2v) is 7.82. The van der Waals surface area contributed by atoms with Gasteiger partial charge in [0, 0.05) is 29.6 Å². The fraction of sp³-hybridized carbons (Fsp3) is 0.333. The van der Waals surface area contributed by atoms with Crippen molar-refractivity contribution in [2.75, 3.05) is 16.9 Å². The smallest absolute Gasteiger partial charge is 0.363 e. The minimum absolute atomic E-state index is 0.111. The minimum Gasteiger partial charge on any atom is -0.363 e. The molecule has 0 unspecified atom stereocenters. The van der Waals surface area contributed by atoms with E-state index in [0.29, 0.717) is 10.6 Å². The number of rotatable bonds is 4. The molecule has 0 radical (unpaired) electrons. The second-order valence-electron chi connectivity index (χ2n) is 7.42. The molecule has 0 fully saturated rings. The molecule has 1 aliphatic heterocycles.